The summed E-state index contributed by atoms with van der Waals surface area (Å²) in [6, 6.07) is 18.8. The van der Waals surface area contributed by atoms with E-state index in [1.807, 2.05) is 42.5 Å². The molecule has 0 N–H and O–H groups in total. The first-order chi connectivity index (χ1) is 11.2. The highest BCUT2D eigenvalue weighted by atomic mass is 35.5. The molecule has 0 saturated heterocycles. The summed E-state index contributed by atoms with van der Waals surface area (Å²) in [6.45, 7) is 0. The van der Waals surface area contributed by atoms with Crippen LogP contribution in [0.5, 0.6) is 11.5 Å². The Morgan fingerprint density at radius 2 is 1.57 bits per heavy atom. The number of para-hydroxylation sites is 1. The summed E-state index contributed by atoms with van der Waals surface area (Å²) in [5, 5.41) is 9.80. The van der Waals surface area contributed by atoms with Gasteiger partial charge in [-0.15, -0.1) is 0 Å². The average molecular weight is 341 g/mol. The fourth-order valence-corrected chi connectivity index (χ4v) is 2.59. The molecule has 3 aromatic rings. The van der Waals surface area contributed by atoms with Crippen molar-refractivity contribution in [1.82, 2.24) is 4.98 Å². The third kappa shape index (κ3) is 3.29. The van der Waals surface area contributed by atoms with Crippen LogP contribution in [0.3, 0.4) is 0 Å². The topological polar surface area (TPSA) is 45.9 Å². The largest absolute Gasteiger partial charge is 0.457 e. The van der Waals surface area contributed by atoms with Gasteiger partial charge in [-0.25, -0.2) is 4.98 Å². The van der Waals surface area contributed by atoms with Crippen molar-refractivity contribution in [3.8, 4) is 28.7 Å². The molecule has 0 aliphatic rings. The predicted octanol–water partition coefficient (Wildman–Crippen LogP) is 5.72. The van der Waals surface area contributed by atoms with E-state index in [1.54, 1.807) is 12.1 Å². The molecule has 5 heteroatoms. The predicted molar refractivity (Wildman–Crippen MR) is 90.9 cm³/mol. The SMILES string of the molecule is N#Cc1c(Cl)cnc(Cl)c1-c1ccc(Oc2ccccc2)cc1. The van der Waals surface area contributed by atoms with Crippen molar-refractivity contribution in [2.75, 3.05) is 0 Å². The molecular formula is C18H10Cl2N2O. The van der Waals surface area contributed by atoms with Gasteiger partial charge in [0.2, 0.25) is 0 Å². The number of halogens is 2. The van der Waals surface area contributed by atoms with E-state index in [2.05, 4.69) is 11.1 Å². The van der Waals surface area contributed by atoms with E-state index in [0.29, 0.717) is 16.9 Å². The van der Waals surface area contributed by atoms with Crippen molar-refractivity contribution in [3.05, 3.63) is 76.5 Å². The first-order valence-corrected chi connectivity index (χ1v) is 7.52. The Morgan fingerprint density at radius 3 is 2.22 bits per heavy atom. The van der Waals surface area contributed by atoms with E-state index in [-0.39, 0.29) is 10.2 Å². The highest BCUT2D eigenvalue weighted by Gasteiger charge is 2.14. The van der Waals surface area contributed by atoms with Crippen LogP contribution in [0, 0.1) is 11.3 Å². The number of nitrogens with zero attached hydrogens (tertiary/aromatic N) is 2. The molecule has 0 unspecified atom stereocenters. The van der Waals surface area contributed by atoms with Gasteiger partial charge in [0.25, 0.3) is 0 Å². The van der Waals surface area contributed by atoms with Gasteiger partial charge >= 0.3 is 0 Å². The molecule has 0 atom stereocenters. The number of benzene rings is 2. The molecule has 0 aliphatic heterocycles. The first kappa shape index (κ1) is 15.4. The Bertz CT molecular complexity index is 872. The van der Waals surface area contributed by atoms with Crippen LogP contribution in [0.1, 0.15) is 5.56 Å². The molecule has 0 aliphatic carbocycles. The minimum absolute atomic E-state index is 0.239. The molecule has 0 amide bonds. The second-order valence-corrected chi connectivity index (χ2v) is 5.46. The average Bonchev–Trinajstić information content (AvgIpc) is 2.58. The van der Waals surface area contributed by atoms with Crippen molar-refractivity contribution in [1.29, 1.82) is 5.26 Å². The number of aromatic nitrogens is 1. The van der Waals surface area contributed by atoms with Crippen molar-refractivity contribution >= 4 is 23.2 Å². The molecular weight excluding hydrogens is 331 g/mol. The number of ether oxygens (including phenoxy) is 1. The van der Waals surface area contributed by atoms with Gasteiger partial charge in [-0.3, -0.25) is 0 Å². The van der Waals surface area contributed by atoms with Crippen molar-refractivity contribution < 1.29 is 4.74 Å². The maximum absolute atomic E-state index is 9.29. The van der Waals surface area contributed by atoms with E-state index in [4.69, 9.17) is 27.9 Å². The number of nitriles is 1. The summed E-state index contributed by atoms with van der Waals surface area (Å²) in [5.41, 5.74) is 1.58. The van der Waals surface area contributed by atoms with Gasteiger partial charge in [-0.1, -0.05) is 53.5 Å². The summed E-state index contributed by atoms with van der Waals surface area (Å²) in [5.74, 6) is 1.44. The molecule has 1 heterocycles. The lowest BCUT2D eigenvalue weighted by Gasteiger charge is -2.09. The van der Waals surface area contributed by atoms with Crippen molar-refractivity contribution in [3.63, 3.8) is 0 Å². The highest BCUT2D eigenvalue weighted by Crippen LogP contribution is 2.34. The number of rotatable bonds is 3. The smallest absolute Gasteiger partial charge is 0.138 e. The minimum atomic E-state index is 0.239. The zero-order valence-corrected chi connectivity index (χ0v) is 13.3. The van der Waals surface area contributed by atoms with Gasteiger partial charge in [-0.05, 0) is 29.8 Å². The van der Waals surface area contributed by atoms with Gasteiger partial charge in [-0.2, -0.15) is 5.26 Å². The number of hydrogen-bond donors (Lipinski definition) is 0. The third-order valence-corrected chi connectivity index (χ3v) is 3.79. The fourth-order valence-electron chi connectivity index (χ4n) is 2.15. The molecule has 0 radical (unpaired) electrons. The van der Waals surface area contributed by atoms with E-state index in [1.165, 1.54) is 6.20 Å². The molecule has 0 saturated carbocycles. The Hall–Kier alpha value is -2.54. The zero-order valence-electron chi connectivity index (χ0n) is 11.8. The minimum Gasteiger partial charge on any atom is -0.457 e. The maximum atomic E-state index is 9.29. The lowest BCUT2D eigenvalue weighted by Crippen LogP contribution is -1.91. The molecule has 2 aromatic carbocycles. The standard InChI is InChI=1S/C18H10Cl2N2O/c19-16-11-22-18(20)17(15(16)10-21)12-6-8-14(9-7-12)23-13-4-2-1-3-5-13/h1-9,11H. The quantitative estimate of drug-likeness (QED) is 0.573. The molecule has 112 valence electrons. The van der Waals surface area contributed by atoms with Gasteiger partial charge in [0.1, 0.15) is 22.7 Å². The normalized spacial score (nSPS) is 10.1. The fraction of sp³-hybridized carbons (Fsp3) is 0. The molecule has 0 spiro atoms. The van der Waals surface area contributed by atoms with E-state index in [9.17, 15) is 5.26 Å². The van der Waals surface area contributed by atoms with Crippen molar-refractivity contribution in [2.24, 2.45) is 0 Å². The Morgan fingerprint density at radius 1 is 0.913 bits per heavy atom. The Kier molecular flexibility index (Phi) is 4.47. The maximum Gasteiger partial charge on any atom is 0.138 e. The Labute approximate surface area is 143 Å². The summed E-state index contributed by atoms with van der Waals surface area (Å²) in [4.78, 5) is 4.00. The van der Waals surface area contributed by atoms with Crippen LogP contribution < -0.4 is 4.74 Å². The monoisotopic (exact) mass is 340 g/mol. The van der Waals surface area contributed by atoms with Gasteiger partial charge in [0.15, 0.2) is 0 Å². The van der Waals surface area contributed by atoms with Crippen LogP contribution in [0.2, 0.25) is 10.2 Å². The van der Waals surface area contributed by atoms with Gasteiger partial charge in [0, 0.05) is 11.8 Å². The lowest BCUT2D eigenvalue weighted by atomic mass is 10.0. The third-order valence-electron chi connectivity index (χ3n) is 3.22. The number of pyridine rings is 1. The summed E-state index contributed by atoms with van der Waals surface area (Å²) < 4.78 is 5.74. The second kappa shape index (κ2) is 6.70. The molecule has 3 nitrogen and oxygen atoms in total. The van der Waals surface area contributed by atoms with Crippen LogP contribution in [0.25, 0.3) is 11.1 Å². The summed E-state index contributed by atoms with van der Waals surface area (Å²) >= 11 is 12.2. The molecule has 0 bridgehead atoms. The number of hydrogen-bond acceptors (Lipinski definition) is 3. The van der Waals surface area contributed by atoms with E-state index in [0.717, 1.165) is 11.3 Å². The van der Waals surface area contributed by atoms with Crippen LogP contribution >= 0.6 is 23.2 Å². The van der Waals surface area contributed by atoms with E-state index < -0.39 is 0 Å². The summed E-state index contributed by atoms with van der Waals surface area (Å²) in [6.07, 6.45) is 1.37. The second-order valence-electron chi connectivity index (χ2n) is 4.70. The van der Waals surface area contributed by atoms with Crippen LogP contribution in [-0.4, -0.2) is 4.98 Å². The van der Waals surface area contributed by atoms with E-state index >= 15 is 0 Å². The molecule has 1 aromatic heterocycles. The molecule has 0 fully saturated rings. The Balaban J connectivity index is 1.95. The molecule has 3 rings (SSSR count). The van der Waals surface area contributed by atoms with Gasteiger partial charge < -0.3 is 4.74 Å². The first-order valence-electron chi connectivity index (χ1n) is 6.76. The zero-order chi connectivity index (χ0) is 16.2. The molecule has 23 heavy (non-hydrogen) atoms. The van der Waals surface area contributed by atoms with Crippen LogP contribution in [-0.2, 0) is 0 Å². The van der Waals surface area contributed by atoms with Crippen molar-refractivity contribution in [2.45, 2.75) is 0 Å². The summed E-state index contributed by atoms with van der Waals surface area (Å²) in [7, 11) is 0. The lowest BCUT2D eigenvalue weighted by molar-refractivity contribution is 0.483. The highest BCUT2D eigenvalue weighted by molar-refractivity contribution is 6.35. The van der Waals surface area contributed by atoms with Gasteiger partial charge in [0.05, 0.1) is 10.6 Å². The van der Waals surface area contributed by atoms with Crippen LogP contribution in [0.15, 0.2) is 60.8 Å². The van der Waals surface area contributed by atoms with Crippen LogP contribution in [0.4, 0.5) is 0 Å².